The van der Waals surface area contributed by atoms with E-state index in [1.54, 1.807) is 54.7 Å². The number of carbonyl (C=O) groups excluding carboxylic acids is 2. The minimum Gasteiger partial charge on any atom is -0.354 e. The predicted octanol–water partition coefficient (Wildman–Crippen LogP) is 3.65. The molecule has 31 heavy (non-hydrogen) atoms. The summed E-state index contributed by atoms with van der Waals surface area (Å²) in [5.74, 6) is 0.288. The molecule has 7 nitrogen and oxygen atoms in total. The summed E-state index contributed by atoms with van der Waals surface area (Å²) in [5.41, 5.74) is 1.90. The van der Waals surface area contributed by atoms with Crippen molar-refractivity contribution in [3.8, 4) is 0 Å². The largest absolute Gasteiger partial charge is 0.354 e. The van der Waals surface area contributed by atoms with Gasteiger partial charge in [0.05, 0.1) is 16.3 Å². The molecule has 8 heteroatoms. The van der Waals surface area contributed by atoms with Crippen LogP contribution in [0.3, 0.4) is 0 Å². The van der Waals surface area contributed by atoms with Crippen LogP contribution in [0.1, 0.15) is 20.7 Å². The van der Waals surface area contributed by atoms with E-state index in [9.17, 15) is 9.59 Å². The molecule has 4 rings (SSSR count). The van der Waals surface area contributed by atoms with E-state index in [0.29, 0.717) is 27.5 Å². The number of pyridine rings is 1. The van der Waals surface area contributed by atoms with Crippen LogP contribution in [0.4, 0.5) is 17.2 Å². The first-order chi connectivity index (χ1) is 15.1. The molecule has 0 saturated carbocycles. The molecule has 0 aliphatic carbocycles. The molecule has 0 atom stereocenters. The average Bonchev–Trinajstić information content (AvgIpc) is 2.82. The molecule has 0 unspecified atom stereocenters. The first-order valence-corrected chi connectivity index (χ1v) is 10.4. The maximum absolute atomic E-state index is 12.6. The van der Waals surface area contributed by atoms with E-state index >= 15 is 0 Å². The molecule has 1 saturated heterocycles. The number of halogens is 1. The van der Waals surface area contributed by atoms with Gasteiger partial charge in [-0.15, -0.1) is 0 Å². The molecule has 1 aliphatic rings. The van der Waals surface area contributed by atoms with Gasteiger partial charge in [-0.25, -0.2) is 4.98 Å². The first-order valence-electron chi connectivity index (χ1n) is 9.99. The molecule has 1 aliphatic heterocycles. The molecule has 2 heterocycles. The number of nitrogens with zero attached hydrogens (tertiary/aromatic N) is 2. The summed E-state index contributed by atoms with van der Waals surface area (Å²) in [7, 11) is 0. The Bertz CT molecular complexity index is 1070. The van der Waals surface area contributed by atoms with Gasteiger partial charge in [-0.2, -0.15) is 0 Å². The average molecular weight is 436 g/mol. The molecular weight excluding hydrogens is 414 g/mol. The van der Waals surface area contributed by atoms with Crippen molar-refractivity contribution in [3.05, 3.63) is 83.0 Å². The number of carbonyl (C=O) groups is 2. The van der Waals surface area contributed by atoms with Gasteiger partial charge in [0.2, 0.25) is 0 Å². The van der Waals surface area contributed by atoms with Crippen LogP contribution >= 0.6 is 11.6 Å². The molecule has 2 amide bonds. The van der Waals surface area contributed by atoms with Crippen LogP contribution in [0, 0.1) is 0 Å². The highest BCUT2D eigenvalue weighted by molar-refractivity contribution is 6.34. The van der Waals surface area contributed by atoms with E-state index in [2.05, 4.69) is 25.8 Å². The van der Waals surface area contributed by atoms with Crippen molar-refractivity contribution in [3.63, 3.8) is 0 Å². The SMILES string of the molecule is O=C(Nc1ccc(Cl)c(NC(=O)c2ccccc2)c1)c1ccc(N2CCNCC2)nc1. The summed E-state index contributed by atoms with van der Waals surface area (Å²) in [5, 5.41) is 9.28. The fraction of sp³-hybridized carbons (Fsp3) is 0.174. The smallest absolute Gasteiger partial charge is 0.257 e. The van der Waals surface area contributed by atoms with Crippen molar-refractivity contribution in [2.45, 2.75) is 0 Å². The standard InChI is InChI=1S/C23H22ClN5O2/c24-19-8-7-18(14-20(19)28-22(30)16-4-2-1-3-5-16)27-23(31)17-6-9-21(26-15-17)29-12-10-25-11-13-29/h1-9,14-15,25H,10-13H2,(H,27,31)(H,28,30). The van der Waals surface area contributed by atoms with Gasteiger partial charge in [-0.3, -0.25) is 9.59 Å². The fourth-order valence-electron chi connectivity index (χ4n) is 3.29. The second-order valence-electron chi connectivity index (χ2n) is 7.11. The Morgan fingerprint density at radius 3 is 2.35 bits per heavy atom. The quantitative estimate of drug-likeness (QED) is 0.569. The first kappa shape index (κ1) is 20.8. The van der Waals surface area contributed by atoms with Crippen LogP contribution in [0.25, 0.3) is 0 Å². The highest BCUT2D eigenvalue weighted by Crippen LogP contribution is 2.26. The maximum Gasteiger partial charge on any atom is 0.257 e. The van der Waals surface area contributed by atoms with Crippen LogP contribution < -0.4 is 20.9 Å². The number of rotatable bonds is 5. The Kier molecular flexibility index (Phi) is 6.45. The Labute approximate surface area is 185 Å². The van der Waals surface area contributed by atoms with E-state index in [1.807, 2.05) is 12.1 Å². The zero-order valence-electron chi connectivity index (χ0n) is 16.8. The Morgan fingerprint density at radius 1 is 0.903 bits per heavy atom. The normalized spacial score (nSPS) is 13.5. The number of aromatic nitrogens is 1. The number of piperazine rings is 1. The molecule has 3 aromatic rings. The third-order valence-electron chi connectivity index (χ3n) is 4.96. The number of anilines is 3. The van der Waals surface area contributed by atoms with Crippen molar-refractivity contribution in [1.82, 2.24) is 10.3 Å². The van der Waals surface area contributed by atoms with Crippen LogP contribution in [-0.2, 0) is 0 Å². The third kappa shape index (κ3) is 5.20. The van der Waals surface area contributed by atoms with Crippen molar-refractivity contribution in [2.75, 3.05) is 41.7 Å². The zero-order valence-corrected chi connectivity index (χ0v) is 17.5. The summed E-state index contributed by atoms with van der Waals surface area (Å²) in [6.07, 6.45) is 1.57. The summed E-state index contributed by atoms with van der Waals surface area (Å²) in [6.45, 7) is 3.62. The molecular formula is C23H22ClN5O2. The van der Waals surface area contributed by atoms with Crippen molar-refractivity contribution in [1.29, 1.82) is 0 Å². The molecule has 0 spiro atoms. The number of hydrogen-bond acceptors (Lipinski definition) is 5. The minimum atomic E-state index is -0.290. The highest BCUT2D eigenvalue weighted by Gasteiger charge is 2.14. The van der Waals surface area contributed by atoms with Gasteiger partial charge in [0.1, 0.15) is 5.82 Å². The van der Waals surface area contributed by atoms with Gasteiger partial charge in [0, 0.05) is 43.6 Å². The van der Waals surface area contributed by atoms with Gasteiger partial charge < -0.3 is 20.9 Å². The predicted molar refractivity (Wildman–Crippen MR) is 123 cm³/mol. The molecule has 1 fully saturated rings. The third-order valence-corrected chi connectivity index (χ3v) is 5.29. The number of nitrogens with one attached hydrogen (secondary N) is 3. The summed E-state index contributed by atoms with van der Waals surface area (Å²) in [6, 6.07) is 17.4. The molecule has 1 aromatic heterocycles. The molecule has 3 N–H and O–H groups in total. The van der Waals surface area contributed by atoms with Gasteiger partial charge in [0.15, 0.2) is 0 Å². The van der Waals surface area contributed by atoms with Crippen LogP contribution in [0.15, 0.2) is 66.9 Å². The fourth-order valence-corrected chi connectivity index (χ4v) is 3.45. The van der Waals surface area contributed by atoms with E-state index in [-0.39, 0.29) is 11.8 Å². The lowest BCUT2D eigenvalue weighted by Crippen LogP contribution is -2.43. The van der Waals surface area contributed by atoms with Crippen molar-refractivity contribution < 1.29 is 9.59 Å². The second-order valence-corrected chi connectivity index (χ2v) is 7.52. The Balaban J connectivity index is 1.43. The van der Waals surface area contributed by atoms with Crippen molar-refractivity contribution in [2.24, 2.45) is 0 Å². The summed E-state index contributed by atoms with van der Waals surface area (Å²) >= 11 is 6.23. The number of hydrogen-bond donors (Lipinski definition) is 3. The second kappa shape index (κ2) is 9.59. The lowest BCUT2D eigenvalue weighted by atomic mass is 10.2. The van der Waals surface area contributed by atoms with Crippen LogP contribution in [-0.4, -0.2) is 43.0 Å². The molecule has 158 valence electrons. The molecule has 0 bridgehead atoms. The summed E-state index contributed by atoms with van der Waals surface area (Å²) in [4.78, 5) is 31.7. The van der Waals surface area contributed by atoms with Crippen LogP contribution in [0.5, 0.6) is 0 Å². The minimum absolute atomic E-state index is 0.279. The van der Waals surface area contributed by atoms with E-state index in [1.165, 1.54) is 0 Å². The Hall–Kier alpha value is -3.42. The lowest BCUT2D eigenvalue weighted by molar-refractivity contribution is 0.101. The highest BCUT2D eigenvalue weighted by atomic mass is 35.5. The van der Waals surface area contributed by atoms with E-state index in [4.69, 9.17) is 11.6 Å². The van der Waals surface area contributed by atoms with Gasteiger partial charge in [-0.1, -0.05) is 29.8 Å². The number of benzene rings is 2. The topological polar surface area (TPSA) is 86.4 Å². The molecule has 2 aromatic carbocycles. The molecule has 0 radical (unpaired) electrons. The van der Waals surface area contributed by atoms with Gasteiger partial charge in [0.25, 0.3) is 11.8 Å². The number of amides is 2. The lowest BCUT2D eigenvalue weighted by Gasteiger charge is -2.28. The van der Waals surface area contributed by atoms with Crippen molar-refractivity contribution >= 4 is 40.6 Å². The monoisotopic (exact) mass is 435 g/mol. The van der Waals surface area contributed by atoms with E-state index < -0.39 is 0 Å². The maximum atomic E-state index is 12.6. The van der Waals surface area contributed by atoms with Gasteiger partial charge in [-0.05, 0) is 42.5 Å². The van der Waals surface area contributed by atoms with E-state index in [0.717, 1.165) is 32.0 Å². The van der Waals surface area contributed by atoms with Gasteiger partial charge >= 0.3 is 0 Å². The zero-order chi connectivity index (χ0) is 21.6. The van der Waals surface area contributed by atoms with Crippen LogP contribution in [0.2, 0.25) is 5.02 Å². The summed E-state index contributed by atoms with van der Waals surface area (Å²) < 4.78 is 0. The Morgan fingerprint density at radius 2 is 1.65 bits per heavy atom.